The average molecular weight is 371 g/mol. The first kappa shape index (κ1) is 19.5. The minimum absolute atomic E-state index is 0.0238. The molecule has 1 saturated carbocycles. The second kappa shape index (κ2) is 8.65. The number of hydrogen-bond acceptors (Lipinski definition) is 4. The number of nitrogens with zero attached hydrogens (tertiary/aromatic N) is 2. The van der Waals surface area contributed by atoms with Crippen LogP contribution in [0.25, 0.3) is 0 Å². The summed E-state index contributed by atoms with van der Waals surface area (Å²) in [5, 5.41) is 2.99. The Morgan fingerprint density at radius 3 is 2.41 bits per heavy atom. The molecule has 0 spiro atoms. The molecule has 0 aromatic heterocycles. The smallest absolute Gasteiger partial charge is 0.234 e. The number of piperazine rings is 1. The maximum atomic E-state index is 12.4. The number of benzene rings is 1. The van der Waals surface area contributed by atoms with Crippen LogP contribution in [-0.4, -0.2) is 66.2 Å². The number of amides is 2. The molecule has 1 heterocycles. The third-order valence-electron chi connectivity index (χ3n) is 5.29. The van der Waals surface area contributed by atoms with Crippen LogP contribution >= 0.6 is 0 Å². The Morgan fingerprint density at radius 2 is 1.74 bits per heavy atom. The Morgan fingerprint density at radius 1 is 1.04 bits per heavy atom. The fourth-order valence-corrected chi connectivity index (χ4v) is 3.41. The lowest BCUT2D eigenvalue weighted by atomic mass is 9.99. The summed E-state index contributed by atoms with van der Waals surface area (Å²) >= 11 is 0. The van der Waals surface area contributed by atoms with Crippen LogP contribution in [0.5, 0.6) is 0 Å². The lowest BCUT2D eigenvalue weighted by Crippen LogP contribution is -2.51. The molecular formula is C21H29N3O3. The van der Waals surface area contributed by atoms with E-state index >= 15 is 0 Å². The molecule has 1 aromatic rings. The van der Waals surface area contributed by atoms with Crippen molar-refractivity contribution in [2.45, 2.75) is 45.6 Å². The largest absolute Gasteiger partial charge is 0.352 e. The molecule has 6 nitrogen and oxygen atoms in total. The summed E-state index contributed by atoms with van der Waals surface area (Å²) in [6, 6.07) is 6.22. The molecule has 1 aromatic carbocycles. The predicted molar refractivity (Wildman–Crippen MR) is 104 cm³/mol. The standard InChI is InChI=1S/C21H29N3O3/c1-15-3-4-16(2)18(13-15)19(25)7-8-21(27)24-11-9-23(10-12-24)14-20(26)22-17-5-6-17/h3-4,13,17H,5-12,14H2,1-2H3,(H,22,26). The van der Waals surface area contributed by atoms with Crippen LogP contribution in [0.3, 0.4) is 0 Å². The van der Waals surface area contributed by atoms with Crippen LogP contribution in [0, 0.1) is 13.8 Å². The number of rotatable bonds is 7. The van der Waals surface area contributed by atoms with Gasteiger partial charge in [-0.05, 0) is 38.3 Å². The van der Waals surface area contributed by atoms with Crippen molar-refractivity contribution in [2.24, 2.45) is 0 Å². The van der Waals surface area contributed by atoms with Crippen LogP contribution in [0.15, 0.2) is 18.2 Å². The Hall–Kier alpha value is -2.21. The molecule has 0 atom stereocenters. The van der Waals surface area contributed by atoms with Gasteiger partial charge < -0.3 is 10.2 Å². The van der Waals surface area contributed by atoms with E-state index in [-0.39, 0.29) is 30.4 Å². The van der Waals surface area contributed by atoms with Crippen molar-refractivity contribution in [3.05, 3.63) is 34.9 Å². The molecular weight excluding hydrogens is 342 g/mol. The summed E-state index contributed by atoms with van der Waals surface area (Å²) < 4.78 is 0. The van der Waals surface area contributed by atoms with E-state index in [1.807, 2.05) is 36.9 Å². The van der Waals surface area contributed by atoms with Gasteiger partial charge in [0.1, 0.15) is 0 Å². The van der Waals surface area contributed by atoms with Crippen LogP contribution in [0.4, 0.5) is 0 Å². The van der Waals surface area contributed by atoms with Gasteiger partial charge in [0, 0.05) is 50.6 Å². The fourth-order valence-electron chi connectivity index (χ4n) is 3.41. The summed E-state index contributed by atoms with van der Waals surface area (Å²) in [4.78, 5) is 40.7. The van der Waals surface area contributed by atoms with Gasteiger partial charge >= 0.3 is 0 Å². The molecule has 146 valence electrons. The Labute approximate surface area is 160 Å². The Kier molecular flexibility index (Phi) is 6.26. The van der Waals surface area contributed by atoms with Crippen LogP contribution < -0.4 is 5.32 Å². The number of aryl methyl sites for hydroxylation is 2. The molecule has 1 aliphatic carbocycles. The lowest BCUT2D eigenvalue weighted by Gasteiger charge is -2.34. The maximum absolute atomic E-state index is 12.4. The number of carbonyl (C=O) groups is 3. The van der Waals surface area contributed by atoms with E-state index in [2.05, 4.69) is 10.2 Å². The molecule has 0 radical (unpaired) electrons. The minimum Gasteiger partial charge on any atom is -0.352 e. The van der Waals surface area contributed by atoms with Crippen molar-refractivity contribution >= 4 is 17.6 Å². The van der Waals surface area contributed by atoms with Crippen LogP contribution in [0.1, 0.15) is 47.2 Å². The first-order valence-electron chi connectivity index (χ1n) is 9.82. The Balaban J connectivity index is 1.40. The van der Waals surface area contributed by atoms with Crippen molar-refractivity contribution in [1.29, 1.82) is 0 Å². The van der Waals surface area contributed by atoms with E-state index in [0.29, 0.717) is 44.3 Å². The highest BCUT2D eigenvalue weighted by atomic mass is 16.2. The van der Waals surface area contributed by atoms with Gasteiger partial charge in [-0.25, -0.2) is 0 Å². The molecule has 2 fully saturated rings. The van der Waals surface area contributed by atoms with E-state index in [1.54, 1.807) is 0 Å². The van der Waals surface area contributed by atoms with Gasteiger partial charge in [-0.2, -0.15) is 0 Å². The van der Waals surface area contributed by atoms with Gasteiger partial charge in [-0.3, -0.25) is 19.3 Å². The van der Waals surface area contributed by atoms with Crippen molar-refractivity contribution in [1.82, 2.24) is 15.1 Å². The zero-order valence-corrected chi connectivity index (χ0v) is 16.3. The summed E-state index contributed by atoms with van der Waals surface area (Å²) in [7, 11) is 0. The molecule has 1 aliphatic heterocycles. The quantitative estimate of drug-likeness (QED) is 0.741. The normalized spacial score (nSPS) is 17.6. The number of carbonyl (C=O) groups excluding carboxylic acids is 3. The van der Waals surface area contributed by atoms with E-state index in [4.69, 9.17) is 0 Å². The van der Waals surface area contributed by atoms with Gasteiger partial charge in [0.05, 0.1) is 6.54 Å². The summed E-state index contributed by atoms with van der Waals surface area (Å²) in [6.07, 6.45) is 2.67. The van der Waals surface area contributed by atoms with E-state index in [0.717, 1.165) is 24.0 Å². The Bertz CT molecular complexity index is 719. The molecule has 3 rings (SSSR count). The van der Waals surface area contributed by atoms with E-state index < -0.39 is 0 Å². The maximum Gasteiger partial charge on any atom is 0.234 e. The number of hydrogen-bond donors (Lipinski definition) is 1. The van der Waals surface area contributed by atoms with Gasteiger partial charge in [-0.1, -0.05) is 17.7 Å². The molecule has 0 bridgehead atoms. The number of ketones is 1. The zero-order chi connectivity index (χ0) is 19.4. The lowest BCUT2D eigenvalue weighted by molar-refractivity contribution is -0.133. The fraction of sp³-hybridized carbons (Fsp3) is 0.571. The monoisotopic (exact) mass is 371 g/mol. The van der Waals surface area contributed by atoms with Crippen LogP contribution in [0.2, 0.25) is 0 Å². The van der Waals surface area contributed by atoms with Gasteiger partial charge in [0.2, 0.25) is 11.8 Å². The average Bonchev–Trinajstić information content (AvgIpc) is 3.45. The van der Waals surface area contributed by atoms with Gasteiger partial charge in [0.25, 0.3) is 0 Å². The first-order chi connectivity index (χ1) is 12.9. The SMILES string of the molecule is Cc1ccc(C)c(C(=O)CCC(=O)N2CCN(CC(=O)NC3CC3)CC2)c1. The predicted octanol–water partition coefficient (Wildman–Crippen LogP) is 1.69. The van der Waals surface area contributed by atoms with Crippen LogP contribution in [-0.2, 0) is 9.59 Å². The molecule has 2 amide bonds. The molecule has 1 saturated heterocycles. The van der Waals surface area contributed by atoms with Crippen molar-refractivity contribution in [3.8, 4) is 0 Å². The highest BCUT2D eigenvalue weighted by Gasteiger charge is 2.26. The van der Waals surface area contributed by atoms with Gasteiger partial charge in [-0.15, -0.1) is 0 Å². The second-order valence-corrected chi connectivity index (χ2v) is 7.74. The second-order valence-electron chi connectivity index (χ2n) is 7.74. The summed E-state index contributed by atoms with van der Waals surface area (Å²) in [5.41, 5.74) is 2.72. The van der Waals surface area contributed by atoms with Crippen molar-refractivity contribution < 1.29 is 14.4 Å². The highest BCUT2D eigenvalue weighted by molar-refractivity contribution is 5.99. The van der Waals surface area contributed by atoms with Gasteiger partial charge in [0.15, 0.2) is 5.78 Å². The van der Waals surface area contributed by atoms with E-state index in [1.165, 1.54) is 0 Å². The molecule has 27 heavy (non-hydrogen) atoms. The van der Waals surface area contributed by atoms with Crippen molar-refractivity contribution in [2.75, 3.05) is 32.7 Å². The number of nitrogens with one attached hydrogen (secondary N) is 1. The highest BCUT2D eigenvalue weighted by Crippen LogP contribution is 2.18. The molecule has 2 aliphatic rings. The minimum atomic E-state index is 0.0238. The molecule has 1 N–H and O–H groups in total. The summed E-state index contributed by atoms with van der Waals surface area (Å²) in [5.74, 6) is 0.132. The third kappa shape index (κ3) is 5.63. The third-order valence-corrected chi connectivity index (χ3v) is 5.29. The van der Waals surface area contributed by atoms with E-state index in [9.17, 15) is 14.4 Å². The number of Topliss-reactive ketones (excluding diaryl/α,β-unsaturated/α-hetero) is 1. The molecule has 0 unspecified atom stereocenters. The van der Waals surface area contributed by atoms with Crippen molar-refractivity contribution in [3.63, 3.8) is 0 Å². The topological polar surface area (TPSA) is 69.7 Å². The summed E-state index contributed by atoms with van der Waals surface area (Å²) in [6.45, 7) is 6.94. The first-order valence-corrected chi connectivity index (χ1v) is 9.82. The molecule has 6 heteroatoms. The zero-order valence-electron chi connectivity index (χ0n) is 16.3.